The molecule has 0 atom stereocenters. The summed E-state index contributed by atoms with van der Waals surface area (Å²) in [6.07, 6.45) is 1.53. The molecule has 0 unspecified atom stereocenters. The minimum absolute atomic E-state index is 0.143. The number of pyridine rings is 1. The number of hydrogen-bond donors (Lipinski definition) is 2. The molecule has 166 valence electrons. The Bertz CT molecular complexity index is 1370. The van der Waals surface area contributed by atoms with E-state index in [2.05, 4.69) is 10.9 Å². The van der Waals surface area contributed by atoms with E-state index in [0.29, 0.717) is 11.3 Å². The minimum atomic E-state index is -0.757. The maximum atomic E-state index is 13.1. The summed E-state index contributed by atoms with van der Waals surface area (Å²) in [5.41, 5.74) is 4.48. The van der Waals surface area contributed by atoms with E-state index in [1.54, 1.807) is 24.3 Å². The van der Waals surface area contributed by atoms with Crippen molar-refractivity contribution in [2.75, 3.05) is 6.61 Å². The monoisotopic (exact) mass is 445 g/mol. The lowest BCUT2D eigenvalue weighted by Gasteiger charge is -2.11. The van der Waals surface area contributed by atoms with E-state index in [4.69, 9.17) is 4.74 Å². The molecule has 0 radical (unpaired) electrons. The second-order valence-electron chi connectivity index (χ2n) is 7.28. The number of fused-ring (bicyclic) bond motifs is 1. The fraction of sp³-hybridized carbons (Fsp3) is 0.0800. The molecule has 1 aromatic heterocycles. The van der Waals surface area contributed by atoms with Crippen LogP contribution in [0.2, 0.25) is 0 Å². The first-order valence-corrected chi connectivity index (χ1v) is 10.1. The van der Waals surface area contributed by atoms with Crippen molar-refractivity contribution in [1.29, 1.82) is 0 Å². The molecule has 3 aromatic carbocycles. The van der Waals surface area contributed by atoms with Crippen LogP contribution in [-0.2, 0) is 11.3 Å². The Labute approximate surface area is 188 Å². The Balaban J connectivity index is 1.33. The number of carbonyl (C=O) groups is 2. The number of ether oxygens (including phenoxy) is 1. The van der Waals surface area contributed by atoms with E-state index in [-0.39, 0.29) is 24.5 Å². The lowest BCUT2D eigenvalue weighted by Crippen LogP contribution is -2.45. The van der Waals surface area contributed by atoms with Gasteiger partial charge in [-0.05, 0) is 52.7 Å². The lowest BCUT2D eigenvalue weighted by molar-refractivity contribution is -0.123. The molecule has 0 aliphatic carbocycles. The number of hydrazine groups is 1. The molecular formula is C25H20FN3O4. The number of amides is 2. The van der Waals surface area contributed by atoms with Gasteiger partial charge in [-0.2, -0.15) is 0 Å². The van der Waals surface area contributed by atoms with Crippen LogP contribution >= 0.6 is 0 Å². The molecule has 7 nitrogen and oxygen atoms in total. The number of benzene rings is 3. The van der Waals surface area contributed by atoms with Gasteiger partial charge in [0.2, 0.25) is 0 Å². The topological polar surface area (TPSA) is 89.4 Å². The van der Waals surface area contributed by atoms with Crippen LogP contribution in [-0.4, -0.2) is 23.0 Å². The maximum absolute atomic E-state index is 13.1. The van der Waals surface area contributed by atoms with Crippen molar-refractivity contribution in [2.45, 2.75) is 6.54 Å². The molecule has 0 bridgehead atoms. The first-order chi connectivity index (χ1) is 16.0. The molecule has 2 N–H and O–H groups in total. The zero-order chi connectivity index (χ0) is 23.2. The number of nitrogens with one attached hydrogen (secondary N) is 2. The zero-order valence-corrected chi connectivity index (χ0v) is 17.5. The third-order valence-corrected chi connectivity index (χ3v) is 4.94. The number of carbonyl (C=O) groups excluding carboxylic acids is 2. The number of hydrogen-bond acceptors (Lipinski definition) is 4. The van der Waals surface area contributed by atoms with Crippen molar-refractivity contribution in [3.8, 4) is 5.75 Å². The van der Waals surface area contributed by atoms with Crippen molar-refractivity contribution in [3.63, 3.8) is 0 Å². The largest absolute Gasteiger partial charge is 0.484 e. The van der Waals surface area contributed by atoms with E-state index in [0.717, 1.165) is 10.8 Å². The van der Waals surface area contributed by atoms with Gasteiger partial charge in [0.05, 0.1) is 6.54 Å². The van der Waals surface area contributed by atoms with Crippen LogP contribution in [0.15, 0.2) is 89.9 Å². The first kappa shape index (κ1) is 21.8. The zero-order valence-electron chi connectivity index (χ0n) is 17.5. The predicted molar refractivity (Wildman–Crippen MR) is 121 cm³/mol. The van der Waals surface area contributed by atoms with Crippen molar-refractivity contribution < 1.29 is 18.7 Å². The van der Waals surface area contributed by atoms with Gasteiger partial charge in [0.25, 0.3) is 17.4 Å². The molecule has 8 heteroatoms. The van der Waals surface area contributed by atoms with Gasteiger partial charge in [-0.1, -0.05) is 42.5 Å². The second kappa shape index (κ2) is 9.78. The Kier molecular flexibility index (Phi) is 6.45. The molecule has 0 fully saturated rings. The molecule has 0 saturated heterocycles. The third-order valence-electron chi connectivity index (χ3n) is 4.94. The van der Waals surface area contributed by atoms with Crippen LogP contribution in [0, 0.1) is 5.82 Å². The summed E-state index contributed by atoms with van der Waals surface area (Å²) < 4.78 is 19.9. The average molecular weight is 445 g/mol. The SMILES string of the molecule is O=C(COc1ccc2ccccc2c1)NNC(=O)c1cccn(Cc2ccc(F)cc2)c1=O. The van der Waals surface area contributed by atoms with Crippen LogP contribution < -0.4 is 21.1 Å². The molecule has 0 aliphatic rings. The van der Waals surface area contributed by atoms with Gasteiger partial charge in [-0.15, -0.1) is 0 Å². The lowest BCUT2D eigenvalue weighted by atomic mass is 10.1. The molecule has 0 saturated carbocycles. The number of nitrogens with zero attached hydrogens (tertiary/aromatic N) is 1. The number of aromatic nitrogens is 1. The van der Waals surface area contributed by atoms with E-state index < -0.39 is 17.4 Å². The highest BCUT2D eigenvalue weighted by Crippen LogP contribution is 2.20. The quantitative estimate of drug-likeness (QED) is 0.447. The summed E-state index contributed by atoms with van der Waals surface area (Å²) in [4.78, 5) is 37.1. The van der Waals surface area contributed by atoms with Crippen molar-refractivity contribution >= 4 is 22.6 Å². The fourth-order valence-electron chi connectivity index (χ4n) is 3.26. The van der Waals surface area contributed by atoms with Crippen molar-refractivity contribution in [3.05, 3.63) is 112 Å². The Morgan fingerprint density at radius 3 is 2.42 bits per heavy atom. The van der Waals surface area contributed by atoms with Crippen LogP contribution in [0.4, 0.5) is 4.39 Å². The summed E-state index contributed by atoms with van der Waals surface area (Å²) in [7, 11) is 0. The van der Waals surface area contributed by atoms with Crippen molar-refractivity contribution in [1.82, 2.24) is 15.4 Å². The first-order valence-electron chi connectivity index (χ1n) is 10.1. The van der Waals surface area contributed by atoms with Crippen molar-refractivity contribution in [2.24, 2.45) is 0 Å². The molecule has 0 spiro atoms. The van der Waals surface area contributed by atoms with Crippen LogP contribution in [0.3, 0.4) is 0 Å². The standard InChI is InChI=1S/C25H20FN3O4/c26-20-10-7-17(8-11-20)15-29-13-3-6-22(25(29)32)24(31)28-27-23(30)16-33-21-12-9-18-4-1-2-5-19(18)14-21/h1-14H,15-16H2,(H,27,30)(H,28,31). The summed E-state index contributed by atoms with van der Waals surface area (Å²) in [5, 5.41) is 2.03. The summed E-state index contributed by atoms with van der Waals surface area (Å²) in [5.74, 6) is -1.20. The van der Waals surface area contributed by atoms with Gasteiger partial charge in [0.15, 0.2) is 6.61 Å². The fourth-order valence-corrected chi connectivity index (χ4v) is 3.26. The Morgan fingerprint density at radius 2 is 1.64 bits per heavy atom. The van der Waals surface area contributed by atoms with Crippen LogP contribution in [0.5, 0.6) is 5.75 Å². The van der Waals surface area contributed by atoms with E-state index in [1.807, 2.05) is 36.4 Å². The molecule has 0 aliphatic heterocycles. The third kappa shape index (κ3) is 5.43. The molecular weight excluding hydrogens is 425 g/mol. The molecule has 1 heterocycles. The van der Waals surface area contributed by atoms with Gasteiger partial charge in [0, 0.05) is 6.20 Å². The van der Waals surface area contributed by atoms with Crippen LogP contribution in [0.1, 0.15) is 15.9 Å². The van der Waals surface area contributed by atoms with Gasteiger partial charge in [-0.3, -0.25) is 25.2 Å². The van der Waals surface area contributed by atoms with Gasteiger partial charge < -0.3 is 9.30 Å². The average Bonchev–Trinajstić information content (AvgIpc) is 2.83. The minimum Gasteiger partial charge on any atom is -0.484 e. The highest BCUT2D eigenvalue weighted by molar-refractivity contribution is 5.95. The molecule has 2 amide bonds. The number of rotatable bonds is 6. The highest BCUT2D eigenvalue weighted by Gasteiger charge is 2.13. The smallest absolute Gasteiger partial charge is 0.276 e. The summed E-state index contributed by atoms with van der Waals surface area (Å²) >= 11 is 0. The maximum Gasteiger partial charge on any atom is 0.276 e. The Morgan fingerprint density at radius 1 is 0.879 bits per heavy atom. The van der Waals surface area contributed by atoms with E-state index >= 15 is 0 Å². The van der Waals surface area contributed by atoms with Crippen LogP contribution in [0.25, 0.3) is 10.8 Å². The molecule has 33 heavy (non-hydrogen) atoms. The predicted octanol–water partition coefficient (Wildman–Crippen LogP) is 3.03. The Hall–Kier alpha value is -4.46. The van der Waals surface area contributed by atoms with Gasteiger partial charge in [0.1, 0.15) is 17.1 Å². The van der Waals surface area contributed by atoms with Gasteiger partial charge in [-0.25, -0.2) is 4.39 Å². The molecule has 4 aromatic rings. The van der Waals surface area contributed by atoms with E-state index in [1.165, 1.54) is 29.0 Å². The van der Waals surface area contributed by atoms with Gasteiger partial charge >= 0.3 is 0 Å². The normalized spacial score (nSPS) is 10.6. The second-order valence-corrected chi connectivity index (χ2v) is 7.28. The summed E-state index contributed by atoms with van der Waals surface area (Å²) in [6.45, 7) is -0.144. The number of halogens is 1. The van der Waals surface area contributed by atoms with E-state index in [9.17, 15) is 18.8 Å². The highest BCUT2D eigenvalue weighted by atomic mass is 19.1. The molecule has 4 rings (SSSR count). The summed E-state index contributed by atoms with van der Waals surface area (Å²) in [6, 6.07) is 21.8.